The quantitative estimate of drug-likeness (QED) is 0.603. The lowest BCUT2D eigenvalue weighted by Gasteiger charge is -2.13. The third-order valence-electron chi connectivity index (χ3n) is 2.51. The van der Waals surface area contributed by atoms with Crippen LogP contribution in [0.4, 0.5) is 4.39 Å². The molecule has 20 heavy (non-hydrogen) atoms. The van der Waals surface area contributed by atoms with E-state index in [1.807, 2.05) is 6.92 Å². The van der Waals surface area contributed by atoms with Gasteiger partial charge in [-0.1, -0.05) is 24.9 Å². The zero-order chi connectivity index (χ0) is 15.5. The molecule has 1 aromatic rings. The topological polar surface area (TPSA) is 60.4 Å². The zero-order valence-electron chi connectivity index (χ0n) is 10.8. The van der Waals surface area contributed by atoms with Gasteiger partial charge in [-0.05, 0) is 25.5 Å². The molecular weight excluding hydrogens is 330 g/mol. The summed E-state index contributed by atoms with van der Waals surface area (Å²) in [5, 5.41) is -0.393. The molecule has 0 N–H and O–H groups in total. The molecule has 0 radical (unpaired) electrons. The van der Waals surface area contributed by atoms with Crippen molar-refractivity contribution in [1.29, 1.82) is 0 Å². The van der Waals surface area contributed by atoms with Crippen LogP contribution in [-0.2, 0) is 13.8 Å². The van der Waals surface area contributed by atoms with E-state index in [9.17, 15) is 17.6 Å². The summed E-state index contributed by atoms with van der Waals surface area (Å²) in [4.78, 5) is 11.3. The van der Waals surface area contributed by atoms with Crippen molar-refractivity contribution < 1.29 is 22.3 Å². The van der Waals surface area contributed by atoms with Crippen LogP contribution in [0.2, 0.25) is 5.02 Å². The lowest BCUT2D eigenvalue weighted by molar-refractivity contribution is 0.0318. The van der Waals surface area contributed by atoms with E-state index in [1.165, 1.54) is 0 Å². The number of hydrogen-bond donors (Lipinski definition) is 0. The summed E-state index contributed by atoms with van der Waals surface area (Å²) in [6, 6.07) is 1.50. The molecule has 1 aromatic carbocycles. The first-order valence-electron chi connectivity index (χ1n) is 5.81. The Morgan fingerprint density at radius 2 is 2.05 bits per heavy atom. The van der Waals surface area contributed by atoms with Crippen LogP contribution >= 0.6 is 22.3 Å². The molecule has 1 rings (SSSR count). The molecule has 1 atom stereocenters. The highest BCUT2D eigenvalue weighted by atomic mass is 35.7. The van der Waals surface area contributed by atoms with Crippen molar-refractivity contribution in [3.63, 3.8) is 0 Å². The molecule has 0 spiro atoms. The number of halogens is 3. The second kappa shape index (κ2) is 6.74. The normalized spacial score (nSPS) is 13.1. The summed E-state index contributed by atoms with van der Waals surface area (Å²) < 4.78 is 41.2. The van der Waals surface area contributed by atoms with Crippen molar-refractivity contribution in [2.24, 2.45) is 0 Å². The summed E-state index contributed by atoms with van der Waals surface area (Å²) in [5.74, 6) is -1.92. The second-order valence-electron chi connectivity index (χ2n) is 4.20. The summed E-state index contributed by atoms with van der Waals surface area (Å²) in [5.41, 5.74) is -0.517. The van der Waals surface area contributed by atoms with E-state index in [0.717, 1.165) is 18.6 Å². The van der Waals surface area contributed by atoms with E-state index in [0.29, 0.717) is 6.42 Å². The van der Waals surface area contributed by atoms with Gasteiger partial charge in [-0.2, -0.15) is 0 Å². The van der Waals surface area contributed by atoms with Crippen molar-refractivity contribution in [2.45, 2.75) is 37.7 Å². The molecule has 0 aromatic heterocycles. The standard InChI is InChI=1S/C12H13Cl2FO4S/c1-3-4-7(2)19-12(16)8-5-11(20(14,17)18)9(13)6-10(8)15/h5-7H,3-4H2,1-2H3. The minimum absolute atomic E-state index is 0.393. The van der Waals surface area contributed by atoms with Gasteiger partial charge in [0.1, 0.15) is 10.7 Å². The number of carbonyl (C=O) groups is 1. The average Bonchev–Trinajstić information content (AvgIpc) is 2.26. The van der Waals surface area contributed by atoms with E-state index >= 15 is 0 Å². The molecule has 1 unspecified atom stereocenters. The van der Waals surface area contributed by atoms with E-state index in [2.05, 4.69) is 0 Å². The molecule has 0 saturated carbocycles. The van der Waals surface area contributed by atoms with Crippen LogP contribution in [-0.4, -0.2) is 20.5 Å². The maximum absolute atomic E-state index is 13.7. The van der Waals surface area contributed by atoms with Gasteiger partial charge in [0.15, 0.2) is 0 Å². The Balaban J connectivity index is 3.16. The molecule has 0 bridgehead atoms. The molecule has 0 aliphatic carbocycles. The molecule has 8 heteroatoms. The first kappa shape index (κ1) is 17.2. The van der Waals surface area contributed by atoms with E-state index in [1.54, 1.807) is 6.92 Å². The van der Waals surface area contributed by atoms with Crippen molar-refractivity contribution >= 4 is 37.3 Å². The number of rotatable bonds is 5. The fraction of sp³-hybridized carbons (Fsp3) is 0.417. The smallest absolute Gasteiger partial charge is 0.341 e. The summed E-state index contributed by atoms with van der Waals surface area (Å²) in [6.45, 7) is 3.57. The maximum atomic E-state index is 13.7. The number of benzene rings is 1. The van der Waals surface area contributed by atoms with Crippen LogP contribution in [0.1, 0.15) is 37.0 Å². The van der Waals surface area contributed by atoms with Gasteiger partial charge < -0.3 is 4.74 Å². The monoisotopic (exact) mass is 342 g/mol. The lowest BCUT2D eigenvalue weighted by atomic mass is 10.2. The van der Waals surface area contributed by atoms with E-state index in [-0.39, 0.29) is 0 Å². The van der Waals surface area contributed by atoms with Crippen LogP contribution in [0.5, 0.6) is 0 Å². The Morgan fingerprint density at radius 3 is 2.55 bits per heavy atom. The predicted octanol–water partition coefficient (Wildman–Crippen LogP) is 3.75. The summed E-state index contributed by atoms with van der Waals surface area (Å²) in [6.07, 6.45) is 0.999. The SMILES string of the molecule is CCCC(C)OC(=O)c1cc(S(=O)(=O)Cl)c(Cl)cc1F. The minimum atomic E-state index is -4.18. The molecule has 4 nitrogen and oxygen atoms in total. The zero-order valence-corrected chi connectivity index (χ0v) is 13.1. The minimum Gasteiger partial charge on any atom is -0.459 e. The predicted molar refractivity (Wildman–Crippen MR) is 74.2 cm³/mol. The average molecular weight is 343 g/mol. The maximum Gasteiger partial charge on any atom is 0.341 e. The van der Waals surface area contributed by atoms with Crippen molar-refractivity contribution in [1.82, 2.24) is 0 Å². The van der Waals surface area contributed by atoms with Crippen LogP contribution < -0.4 is 0 Å². The molecule has 0 heterocycles. The van der Waals surface area contributed by atoms with E-state index in [4.69, 9.17) is 27.0 Å². The van der Waals surface area contributed by atoms with Crippen molar-refractivity contribution in [2.75, 3.05) is 0 Å². The fourth-order valence-corrected chi connectivity index (χ4v) is 3.09. The number of ether oxygens (including phenoxy) is 1. The van der Waals surface area contributed by atoms with Crippen LogP contribution in [0.3, 0.4) is 0 Å². The third-order valence-corrected chi connectivity index (χ3v) is 4.29. The molecule has 0 amide bonds. The van der Waals surface area contributed by atoms with Gasteiger partial charge >= 0.3 is 5.97 Å². The van der Waals surface area contributed by atoms with Gasteiger partial charge in [0.2, 0.25) is 0 Å². The molecule has 0 saturated heterocycles. The Morgan fingerprint density at radius 1 is 1.45 bits per heavy atom. The number of hydrogen-bond acceptors (Lipinski definition) is 4. The number of esters is 1. The summed E-state index contributed by atoms with van der Waals surface area (Å²) >= 11 is 5.59. The van der Waals surface area contributed by atoms with Gasteiger partial charge in [0.05, 0.1) is 16.7 Å². The van der Waals surface area contributed by atoms with Crippen molar-refractivity contribution in [3.05, 3.63) is 28.5 Å². The van der Waals surface area contributed by atoms with Crippen molar-refractivity contribution in [3.8, 4) is 0 Å². The van der Waals surface area contributed by atoms with Gasteiger partial charge in [-0.15, -0.1) is 0 Å². The third kappa shape index (κ3) is 4.33. The molecule has 0 aliphatic heterocycles. The van der Waals surface area contributed by atoms with Gasteiger partial charge in [-0.3, -0.25) is 0 Å². The van der Waals surface area contributed by atoms with Gasteiger partial charge in [0.25, 0.3) is 9.05 Å². The van der Waals surface area contributed by atoms with E-state index < -0.39 is 42.4 Å². The largest absolute Gasteiger partial charge is 0.459 e. The number of carbonyl (C=O) groups excluding carboxylic acids is 1. The molecule has 0 aliphatic rings. The molecular formula is C12H13Cl2FO4S. The Kier molecular flexibility index (Phi) is 5.79. The first-order valence-corrected chi connectivity index (χ1v) is 8.50. The van der Waals surface area contributed by atoms with Gasteiger partial charge in [-0.25, -0.2) is 17.6 Å². The highest BCUT2D eigenvalue weighted by molar-refractivity contribution is 8.13. The Hall–Kier alpha value is -0.850. The van der Waals surface area contributed by atoms with Gasteiger partial charge in [0, 0.05) is 10.7 Å². The van der Waals surface area contributed by atoms with Crippen LogP contribution in [0.15, 0.2) is 17.0 Å². The Bertz CT molecular complexity index is 616. The lowest BCUT2D eigenvalue weighted by Crippen LogP contribution is -2.16. The summed E-state index contributed by atoms with van der Waals surface area (Å²) in [7, 11) is 0.982. The van der Waals surface area contributed by atoms with Crippen LogP contribution in [0, 0.1) is 5.82 Å². The fourth-order valence-electron chi connectivity index (χ4n) is 1.58. The Labute approximate surface area is 126 Å². The highest BCUT2D eigenvalue weighted by Gasteiger charge is 2.23. The molecule has 0 fully saturated rings. The first-order chi connectivity index (χ1) is 9.16. The second-order valence-corrected chi connectivity index (χ2v) is 7.15. The highest BCUT2D eigenvalue weighted by Crippen LogP contribution is 2.28. The molecule has 112 valence electrons. The van der Waals surface area contributed by atoms with Crippen LogP contribution in [0.25, 0.3) is 0 Å².